The molecule has 7 heteroatoms. The third kappa shape index (κ3) is 3.85. The highest BCUT2D eigenvalue weighted by atomic mass is 16.5. The minimum Gasteiger partial charge on any atom is -0.497 e. The van der Waals surface area contributed by atoms with E-state index in [1.165, 1.54) is 6.33 Å². The topological polar surface area (TPSA) is 67.0 Å². The summed E-state index contributed by atoms with van der Waals surface area (Å²) in [5.41, 5.74) is 4.71. The Labute approximate surface area is 179 Å². The quantitative estimate of drug-likeness (QED) is 0.403. The average Bonchev–Trinajstić information content (AvgIpc) is 3.48. The molecule has 0 amide bonds. The third-order valence-electron chi connectivity index (χ3n) is 5.09. The molecule has 0 saturated carbocycles. The normalized spacial score (nSPS) is 11.0. The average molecular weight is 410 g/mol. The number of imidazole rings is 1. The Bertz CT molecular complexity index is 1280. The molecule has 5 aromatic rings. The number of benzene rings is 2. The van der Waals surface area contributed by atoms with Crippen LogP contribution in [0.3, 0.4) is 0 Å². The number of hydrogen-bond acceptors (Lipinski definition) is 5. The summed E-state index contributed by atoms with van der Waals surface area (Å²) in [6.07, 6.45) is 12.1. The van der Waals surface area contributed by atoms with E-state index in [1.807, 2.05) is 63.9 Å². The molecule has 0 aliphatic carbocycles. The number of hydrogen-bond donors (Lipinski definition) is 0. The van der Waals surface area contributed by atoms with Crippen LogP contribution in [0.15, 0.2) is 79.8 Å². The van der Waals surface area contributed by atoms with E-state index in [0.29, 0.717) is 6.61 Å². The van der Waals surface area contributed by atoms with Crippen LogP contribution < -0.4 is 9.47 Å². The number of aromatic nitrogens is 5. The van der Waals surface area contributed by atoms with Gasteiger partial charge >= 0.3 is 0 Å². The third-order valence-corrected chi connectivity index (χ3v) is 5.09. The maximum Gasteiger partial charge on any atom is 0.119 e. The summed E-state index contributed by atoms with van der Waals surface area (Å²) in [4.78, 5) is 12.6. The Hall–Kier alpha value is -4.13. The lowest BCUT2D eigenvalue weighted by Gasteiger charge is -2.07. The van der Waals surface area contributed by atoms with Crippen molar-refractivity contribution in [3.05, 3.63) is 86.0 Å². The van der Waals surface area contributed by atoms with Gasteiger partial charge in [0.2, 0.25) is 0 Å². The van der Waals surface area contributed by atoms with Crippen molar-refractivity contribution in [3.63, 3.8) is 0 Å². The minimum atomic E-state index is 0.578. The monoisotopic (exact) mass is 410 g/mol. The van der Waals surface area contributed by atoms with Crippen LogP contribution in [-0.4, -0.2) is 37.8 Å². The highest BCUT2D eigenvalue weighted by Gasteiger charge is 2.13. The molecule has 0 aliphatic rings. The first-order valence-electron chi connectivity index (χ1n) is 9.89. The second-order valence-electron chi connectivity index (χ2n) is 6.97. The number of ether oxygens (including phenoxy) is 2. The molecule has 2 aromatic carbocycles. The van der Waals surface area contributed by atoms with E-state index in [1.54, 1.807) is 19.6 Å². The number of fused-ring (bicyclic) bond motifs is 1. The van der Waals surface area contributed by atoms with Crippen molar-refractivity contribution < 1.29 is 9.47 Å². The number of nitrogens with zero attached hydrogens (tertiary/aromatic N) is 5. The highest BCUT2D eigenvalue weighted by Crippen LogP contribution is 2.32. The van der Waals surface area contributed by atoms with Gasteiger partial charge in [-0.05, 0) is 42.0 Å². The SMILES string of the molecule is COc1ccc(-n2cc(-c3ccc(OCCn4ccnc4)cc3)c3ncn[c]c32)cc1. The van der Waals surface area contributed by atoms with Gasteiger partial charge in [-0.15, -0.1) is 0 Å². The Morgan fingerprint density at radius 3 is 2.55 bits per heavy atom. The van der Waals surface area contributed by atoms with Gasteiger partial charge in [0.05, 0.1) is 20.0 Å². The first kappa shape index (κ1) is 18.9. The molecule has 0 fully saturated rings. The maximum atomic E-state index is 5.86. The molecule has 0 N–H and O–H groups in total. The molecule has 0 spiro atoms. The number of methoxy groups -OCH3 is 1. The summed E-state index contributed by atoms with van der Waals surface area (Å²) >= 11 is 0. The zero-order chi connectivity index (χ0) is 21.0. The van der Waals surface area contributed by atoms with Crippen molar-refractivity contribution in [2.75, 3.05) is 13.7 Å². The van der Waals surface area contributed by atoms with Crippen molar-refractivity contribution in [2.45, 2.75) is 6.54 Å². The molecule has 7 nitrogen and oxygen atoms in total. The van der Waals surface area contributed by atoms with Crippen molar-refractivity contribution in [2.24, 2.45) is 0 Å². The van der Waals surface area contributed by atoms with Crippen LogP contribution >= 0.6 is 0 Å². The van der Waals surface area contributed by atoms with Gasteiger partial charge in [0.1, 0.15) is 41.7 Å². The first-order chi connectivity index (χ1) is 15.3. The molecule has 3 heterocycles. The van der Waals surface area contributed by atoms with Crippen LogP contribution in [0.25, 0.3) is 27.8 Å². The minimum absolute atomic E-state index is 0.578. The van der Waals surface area contributed by atoms with E-state index in [-0.39, 0.29) is 0 Å². The Kier molecular flexibility index (Phi) is 5.06. The molecule has 0 aliphatic heterocycles. The Balaban J connectivity index is 1.41. The van der Waals surface area contributed by atoms with Crippen LogP contribution in [0.5, 0.6) is 11.5 Å². The largest absolute Gasteiger partial charge is 0.497 e. The summed E-state index contributed by atoms with van der Waals surface area (Å²) in [6, 6.07) is 15.9. The second-order valence-corrected chi connectivity index (χ2v) is 6.97. The van der Waals surface area contributed by atoms with Gasteiger partial charge in [-0.1, -0.05) is 12.1 Å². The molecule has 0 unspecified atom stereocenters. The van der Waals surface area contributed by atoms with E-state index in [2.05, 4.69) is 27.3 Å². The van der Waals surface area contributed by atoms with Gasteiger partial charge in [0.15, 0.2) is 0 Å². The lowest BCUT2D eigenvalue weighted by molar-refractivity contribution is 0.298. The van der Waals surface area contributed by atoms with Crippen LogP contribution in [0, 0.1) is 6.20 Å². The van der Waals surface area contributed by atoms with Crippen LogP contribution in [-0.2, 0) is 6.54 Å². The molecular formula is C24H20N5O2. The molecule has 5 rings (SSSR count). The van der Waals surface area contributed by atoms with Gasteiger partial charge in [-0.2, -0.15) is 0 Å². The highest BCUT2D eigenvalue weighted by molar-refractivity contribution is 5.93. The molecule has 3 aromatic heterocycles. The van der Waals surface area contributed by atoms with Gasteiger partial charge in [0.25, 0.3) is 0 Å². The van der Waals surface area contributed by atoms with E-state index >= 15 is 0 Å². The Morgan fingerprint density at radius 2 is 1.81 bits per heavy atom. The molecule has 1 radical (unpaired) electrons. The smallest absolute Gasteiger partial charge is 0.119 e. The van der Waals surface area contributed by atoms with Gasteiger partial charge in [-0.25, -0.2) is 15.0 Å². The summed E-state index contributed by atoms with van der Waals surface area (Å²) in [5, 5.41) is 0. The standard InChI is InChI=1S/C24H20N5O2/c1-30-20-8-4-19(5-9-20)29-15-22(24-23(29)14-26-16-27-24)18-2-6-21(7-3-18)31-13-12-28-11-10-25-17-28/h2-11,15-17H,12-13H2,1H3. The zero-order valence-electron chi connectivity index (χ0n) is 17.0. The molecule has 0 bridgehead atoms. The van der Waals surface area contributed by atoms with E-state index < -0.39 is 0 Å². The molecule has 0 atom stereocenters. The Morgan fingerprint density at radius 1 is 1.00 bits per heavy atom. The maximum absolute atomic E-state index is 5.86. The summed E-state index contributed by atoms with van der Waals surface area (Å²) < 4.78 is 15.2. The van der Waals surface area contributed by atoms with Crippen molar-refractivity contribution in [1.29, 1.82) is 0 Å². The molecule has 0 saturated heterocycles. The van der Waals surface area contributed by atoms with E-state index in [9.17, 15) is 0 Å². The van der Waals surface area contributed by atoms with E-state index in [0.717, 1.165) is 45.9 Å². The van der Waals surface area contributed by atoms with Crippen LogP contribution in [0.2, 0.25) is 0 Å². The van der Waals surface area contributed by atoms with Crippen molar-refractivity contribution in [1.82, 2.24) is 24.1 Å². The van der Waals surface area contributed by atoms with E-state index in [4.69, 9.17) is 9.47 Å². The van der Waals surface area contributed by atoms with Crippen LogP contribution in [0.1, 0.15) is 0 Å². The van der Waals surface area contributed by atoms with Gasteiger partial charge in [-0.3, -0.25) is 0 Å². The first-order valence-corrected chi connectivity index (χ1v) is 9.89. The number of rotatable bonds is 7. The van der Waals surface area contributed by atoms with Crippen LogP contribution in [0.4, 0.5) is 0 Å². The lowest BCUT2D eigenvalue weighted by Crippen LogP contribution is -2.06. The van der Waals surface area contributed by atoms with Gasteiger partial charge in [0, 0.05) is 29.8 Å². The summed E-state index contributed by atoms with van der Waals surface area (Å²) in [6.45, 7) is 1.33. The molecule has 153 valence electrons. The lowest BCUT2D eigenvalue weighted by atomic mass is 10.1. The molecular weight excluding hydrogens is 390 g/mol. The fourth-order valence-corrected chi connectivity index (χ4v) is 3.49. The predicted molar refractivity (Wildman–Crippen MR) is 117 cm³/mol. The fraction of sp³-hybridized carbons (Fsp3) is 0.125. The fourth-order valence-electron chi connectivity index (χ4n) is 3.49. The van der Waals surface area contributed by atoms with Gasteiger partial charge < -0.3 is 18.6 Å². The summed E-state index contributed by atoms with van der Waals surface area (Å²) in [5.74, 6) is 1.63. The second kappa shape index (κ2) is 8.31. The van der Waals surface area contributed by atoms with Crippen molar-refractivity contribution in [3.8, 4) is 28.3 Å². The van der Waals surface area contributed by atoms with Crippen molar-refractivity contribution >= 4 is 11.0 Å². The summed E-state index contributed by atoms with van der Waals surface area (Å²) in [7, 11) is 1.66. The zero-order valence-corrected chi connectivity index (χ0v) is 17.0. The molecule has 31 heavy (non-hydrogen) atoms. The predicted octanol–water partition coefficient (Wildman–Crippen LogP) is 4.17.